The predicted molar refractivity (Wildman–Crippen MR) is 61.3 cm³/mol. The van der Waals surface area contributed by atoms with Crippen molar-refractivity contribution in [3.05, 3.63) is 24.0 Å². The number of hydrogen-bond donors (Lipinski definition) is 2. The van der Waals surface area contributed by atoms with Crippen LogP contribution in [0.25, 0.3) is 0 Å². The van der Waals surface area contributed by atoms with Crippen LogP contribution in [-0.2, 0) is 4.79 Å². The summed E-state index contributed by atoms with van der Waals surface area (Å²) in [5, 5.41) is 2.69. The Morgan fingerprint density at radius 2 is 2.19 bits per heavy atom. The molecule has 86 valence electrons. The predicted octanol–water partition coefficient (Wildman–Crippen LogP) is 2.39. The van der Waals surface area contributed by atoms with Crippen LogP contribution in [0.2, 0.25) is 0 Å². The molecular formula is C12H15FN2O. The van der Waals surface area contributed by atoms with Gasteiger partial charge in [0.25, 0.3) is 0 Å². The van der Waals surface area contributed by atoms with Gasteiger partial charge in [-0.15, -0.1) is 0 Å². The molecule has 1 aliphatic carbocycles. The van der Waals surface area contributed by atoms with Crippen molar-refractivity contribution in [2.24, 2.45) is 11.8 Å². The van der Waals surface area contributed by atoms with E-state index in [0.717, 1.165) is 12.8 Å². The van der Waals surface area contributed by atoms with E-state index in [1.165, 1.54) is 12.1 Å². The Bertz CT molecular complexity index is 395. The molecule has 1 aromatic carbocycles. The number of nitrogens with one attached hydrogen (secondary N) is 1. The van der Waals surface area contributed by atoms with Gasteiger partial charge in [0.15, 0.2) is 0 Å². The third-order valence-electron chi connectivity index (χ3n) is 2.93. The molecule has 4 heteroatoms. The number of anilines is 2. The maximum Gasteiger partial charge on any atom is 0.227 e. The normalized spacial score (nSPS) is 16.9. The second-order valence-corrected chi connectivity index (χ2v) is 4.39. The molecule has 1 atom stereocenters. The van der Waals surface area contributed by atoms with Gasteiger partial charge in [0.05, 0.1) is 0 Å². The zero-order valence-corrected chi connectivity index (χ0v) is 9.16. The smallest absolute Gasteiger partial charge is 0.227 e. The van der Waals surface area contributed by atoms with E-state index in [1.54, 1.807) is 6.07 Å². The number of nitrogens with two attached hydrogens (primary N) is 1. The van der Waals surface area contributed by atoms with E-state index in [-0.39, 0.29) is 11.8 Å². The molecular weight excluding hydrogens is 207 g/mol. The van der Waals surface area contributed by atoms with Crippen molar-refractivity contribution >= 4 is 17.3 Å². The largest absolute Gasteiger partial charge is 0.399 e. The van der Waals surface area contributed by atoms with Gasteiger partial charge in [0.1, 0.15) is 5.82 Å². The van der Waals surface area contributed by atoms with Crippen LogP contribution in [0.4, 0.5) is 15.8 Å². The summed E-state index contributed by atoms with van der Waals surface area (Å²) >= 11 is 0. The Kier molecular flexibility index (Phi) is 2.81. The molecule has 0 saturated heterocycles. The van der Waals surface area contributed by atoms with Crippen molar-refractivity contribution in [1.29, 1.82) is 0 Å². The lowest BCUT2D eigenvalue weighted by Gasteiger charge is -2.11. The molecule has 0 heterocycles. The fourth-order valence-electron chi connectivity index (χ4n) is 1.75. The van der Waals surface area contributed by atoms with Crippen LogP contribution >= 0.6 is 0 Å². The van der Waals surface area contributed by atoms with E-state index in [2.05, 4.69) is 5.32 Å². The highest BCUT2D eigenvalue weighted by Gasteiger charge is 2.32. The Morgan fingerprint density at radius 3 is 2.75 bits per heavy atom. The van der Waals surface area contributed by atoms with Gasteiger partial charge in [-0.25, -0.2) is 4.39 Å². The van der Waals surface area contributed by atoms with Crippen molar-refractivity contribution in [3.63, 3.8) is 0 Å². The number of rotatable bonds is 3. The van der Waals surface area contributed by atoms with E-state index in [4.69, 9.17) is 5.73 Å². The van der Waals surface area contributed by atoms with E-state index < -0.39 is 5.82 Å². The number of carbonyl (C=O) groups excluding carboxylic acids is 1. The monoisotopic (exact) mass is 222 g/mol. The molecule has 3 N–H and O–H groups in total. The molecule has 1 saturated carbocycles. The number of benzene rings is 1. The molecule has 0 bridgehead atoms. The minimum atomic E-state index is -0.436. The van der Waals surface area contributed by atoms with Gasteiger partial charge < -0.3 is 11.1 Å². The van der Waals surface area contributed by atoms with Gasteiger partial charge in [0.2, 0.25) is 5.91 Å². The summed E-state index contributed by atoms with van der Waals surface area (Å²) in [5.41, 5.74) is 6.23. The second kappa shape index (κ2) is 4.12. The summed E-state index contributed by atoms with van der Waals surface area (Å²) in [6.07, 6.45) is 2.22. The average molecular weight is 222 g/mol. The molecule has 1 unspecified atom stereocenters. The Morgan fingerprint density at radius 1 is 1.50 bits per heavy atom. The summed E-state index contributed by atoms with van der Waals surface area (Å²) in [6, 6.07) is 4.05. The van der Waals surface area contributed by atoms with Gasteiger partial charge in [-0.05, 0) is 37.0 Å². The highest BCUT2D eigenvalue weighted by Crippen LogP contribution is 2.37. The zero-order chi connectivity index (χ0) is 11.7. The molecule has 2 rings (SSSR count). The van der Waals surface area contributed by atoms with Crippen LogP contribution < -0.4 is 11.1 Å². The number of hydrogen-bond acceptors (Lipinski definition) is 2. The number of amides is 1. The Hall–Kier alpha value is -1.58. The quantitative estimate of drug-likeness (QED) is 0.771. The second-order valence-electron chi connectivity index (χ2n) is 4.39. The molecule has 0 radical (unpaired) electrons. The average Bonchev–Trinajstić information content (AvgIpc) is 2.97. The molecule has 0 spiro atoms. The lowest BCUT2D eigenvalue weighted by Crippen LogP contribution is -2.21. The summed E-state index contributed by atoms with van der Waals surface area (Å²) < 4.78 is 13.0. The summed E-state index contributed by atoms with van der Waals surface area (Å²) in [4.78, 5) is 11.7. The third-order valence-corrected chi connectivity index (χ3v) is 2.93. The van der Waals surface area contributed by atoms with Gasteiger partial charge in [-0.3, -0.25) is 4.79 Å². The summed E-state index contributed by atoms with van der Waals surface area (Å²) in [7, 11) is 0. The molecule has 0 aliphatic heterocycles. The maximum atomic E-state index is 13.0. The van der Waals surface area contributed by atoms with Crippen molar-refractivity contribution in [3.8, 4) is 0 Å². The lowest BCUT2D eigenvalue weighted by atomic mass is 10.1. The van der Waals surface area contributed by atoms with Gasteiger partial charge in [0, 0.05) is 17.3 Å². The van der Waals surface area contributed by atoms with Crippen LogP contribution in [0.3, 0.4) is 0 Å². The van der Waals surface area contributed by atoms with Crippen LogP contribution in [-0.4, -0.2) is 5.91 Å². The number of carbonyl (C=O) groups is 1. The van der Waals surface area contributed by atoms with Gasteiger partial charge in [-0.2, -0.15) is 0 Å². The van der Waals surface area contributed by atoms with Gasteiger partial charge in [-0.1, -0.05) is 6.92 Å². The van der Waals surface area contributed by atoms with Crippen molar-refractivity contribution in [2.75, 3.05) is 11.1 Å². The highest BCUT2D eigenvalue weighted by atomic mass is 19.1. The molecule has 1 fully saturated rings. The zero-order valence-electron chi connectivity index (χ0n) is 9.16. The van der Waals surface area contributed by atoms with Gasteiger partial charge >= 0.3 is 0 Å². The van der Waals surface area contributed by atoms with Crippen molar-refractivity contribution in [1.82, 2.24) is 0 Å². The Balaban J connectivity index is 2.04. The first-order valence-electron chi connectivity index (χ1n) is 5.43. The van der Waals surface area contributed by atoms with Crippen LogP contribution in [0.5, 0.6) is 0 Å². The molecule has 1 aliphatic rings. The van der Waals surface area contributed by atoms with E-state index in [9.17, 15) is 9.18 Å². The number of halogens is 1. The topological polar surface area (TPSA) is 55.1 Å². The van der Waals surface area contributed by atoms with E-state index in [0.29, 0.717) is 17.3 Å². The first-order chi connectivity index (χ1) is 7.56. The van der Waals surface area contributed by atoms with Crippen LogP contribution in [0.1, 0.15) is 19.8 Å². The lowest BCUT2D eigenvalue weighted by molar-refractivity contribution is -0.119. The van der Waals surface area contributed by atoms with Crippen LogP contribution in [0.15, 0.2) is 18.2 Å². The molecule has 0 aromatic heterocycles. The highest BCUT2D eigenvalue weighted by molar-refractivity contribution is 5.93. The first kappa shape index (κ1) is 10.9. The number of nitrogen functional groups attached to an aromatic ring is 1. The fraction of sp³-hybridized carbons (Fsp3) is 0.417. The minimum absolute atomic E-state index is 0.00973. The third kappa shape index (κ3) is 2.51. The minimum Gasteiger partial charge on any atom is -0.399 e. The first-order valence-corrected chi connectivity index (χ1v) is 5.43. The van der Waals surface area contributed by atoms with Crippen molar-refractivity contribution < 1.29 is 9.18 Å². The van der Waals surface area contributed by atoms with Crippen molar-refractivity contribution in [2.45, 2.75) is 19.8 Å². The summed E-state index contributed by atoms with van der Waals surface area (Å²) in [5.74, 6) is -0.0164. The molecule has 16 heavy (non-hydrogen) atoms. The summed E-state index contributed by atoms with van der Waals surface area (Å²) in [6.45, 7) is 1.90. The maximum absolute atomic E-state index is 13.0. The fourth-order valence-corrected chi connectivity index (χ4v) is 1.75. The SMILES string of the molecule is CC(C(=O)Nc1cc(N)cc(F)c1)C1CC1. The molecule has 1 amide bonds. The standard InChI is InChI=1S/C12H15FN2O/c1-7(8-2-3-8)12(16)15-11-5-9(13)4-10(14)6-11/h4-8H,2-3,14H2,1H3,(H,15,16). The molecule has 1 aromatic rings. The van der Waals surface area contributed by atoms with E-state index >= 15 is 0 Å². The molecule has 3 nitrogen and oxygen atoms in total. The van der Waals surface area contributed by atoms with Crippen LogP contribution in [0, 0.1) is 17.7 Å². The Labute approximate surface area is 93.8 Å². The van der Waals surface area contributed by atoms with E-state index in [1.807, 2.05) is 6.92 Å².